The summed E-state index contributed by atoms with van der Waals surface area (Å²) in [5.41, 5.74) is 0. The summed E-state index contributed by atoms with van der Waals surface area (Å²) in [6.45, 7) is 1.39. The van der Waals surface area contributed by atoms with Gasteiger partial charge in [0.2, 0.25) is 0 Å². The van der Waals surface area contributed by atoms with E-state index in [1.54, 1.807) is 0 Å². The number of fused-ring (bicyclic) bond motifs is 1. The Labute approximate surface area is 65.3 Å². The van der Waals surface area contributed by atoms with Crippen LogP contribution in [0.25, 0.3) is 0 Å². The zero-order valence-electron chi connectivity index (χ0n) is 6.27. The van der Waals surface area contributed by atoms with Crippen LogP contribution in [0.4, 0.5) is 0 Å². The summed E-state index contributed by atoms with van der Waals surface area (Å²) in [5.74, 6) is 1.25. The van der Waals surface area contributed by atoms with E-state index in [0.29, 0.717) is 31.0 Å². The molecule has 62 valence electrons. The van der Waals surface area contributed by atoms with Crippen LogP contribution in [0.2, 0.25) is 0 Å². The zero-order valence-corrected chi connectivity index (χ0v) is 6.27. The van der Waals surface area contributed by atoms with Crippen LogP contribution in [-0.4, -0.2) is 30.7 Å². The maximum Gasteiger partial charge on any atom is 0.160 e. The van der Waals surface area contributed by atoms with Gasteiger partial charge >= 0.3 is 0 Å². The second kappa shape index (κ2) is 1.97. The summed E-state index contributed by atoms with van der Waals surface area (Å²) in [6.07, 6.45) is 0.956. The normalized spacial score (nSPS) is 60.3. The molecule has 2 bridgehead atoms. The molecule has 3 aliphatic rings. The maximum absolute atomic E-state index is 9.73. The molecule has 5 atom stereocenters. The highest BCUT2D eigenvalue weighted by Gasteiger charge is 2.54. The van der Waals surface area contributed by atoms with Gasteiger partial charge in [-0.05, 0) is 6.42 Å². The van der Waals surface area contributed by atoms with Crippen molar-refractivity contribution >= 4 is 0 Å². The van der Waals surface area contributed by atoms with Gasteiger partial charge in [0.25, 0.3) is 0 Å². The molecule has 1 N–H and O–H groups in total. The molecule has 0 aromatic heterocycles. The van der Waals surface area contributed by atoms with E-state index in [9.17, 15) is 5.11 Å². The summed E-state index contributed by atoms with van der Waals surface area (Å²) in [6, 6.07) is 0. The molecule has 2 aliphatic heterocycles. The number of hydrogen-bond acceptors (Lipinski definition) is 3. The van der Waals surface area contributed by atoms with Crippen molar-refractivity contribution < 1.29 is 14.6 Å². The van der Waals surface area contributed by atoms with E-state index in [2.05, 4.69) is 0 Å². The lowest BCUT2D eigenvalue weighted by Gasteiger charge is -2.25. The van der Waals surface area contributed by atoms with Crippen molar-refractivity contribution in [3.8, 4) is 0 Å². The van der Waals surface area contributed by atoms with Gasteiger partial charge in [-0.15, -0.1) is 0 Å². The molecule has 2 saturated heterocycles. The molecule has 0 aromatic carbocycles. The van der Waals surface area contributed by atoms with Gasteiger partial charge < -0.3 is 14.6 Å². The van der Waals surface area contributed by atoms with Gasteiger partial charge in [-0.25, -0.2) is 0 Å². The highest BCUT2D eigenvalue weighted by molar-refractivity contribution is 4.98. The van der Waals surface area contributed by atoms with Crippen LogP contribution < -0.4 is 0 Å². The Morgan fingerprint density at radius 3 is 2.82 bits per heavy atom. The molecule has 0 unspecified atom stereocenters. The SMILES string of the molecule is O[C@H]1[C@H]2CO[C@H]3OC[C@@H]1[C@H]3C2. The molecular weight excluding hydrogens is 144 g/mol. The predicted octanol–water partition coefficient (Wildman–Crippen LogP) is -0.0139. The van der Waals surface area contributed by atoms with Crippen LogP contribution in [0, 0.1) is 17.8 Å². The summed E-state index contributed by atoms with van der Waals surface area (Å²) >= 11 is 0. The summed E-state index contributed by atoms with van der Waals surface area (Å²) in [5, 5.41) is 9.73. The highest BCUT2D eigenvalue weighted by Crippen LogP contribution is 2.47. The molecule has 3 fully saturated rings. The fraction of sp³-hybridized carbons (Fsp3) is 1.00. The molecule has 3 nitrogen and oxygen atoms in total. The quantitative estimate of drug-likeness (QED) is 0.536. The summed E-state index contributed by atoms with van der Waals surface area (Å²) in [4.78, 5) is 0. The lowest BCUT2D eigenvalue weighted by Crippen LogP contribution is -2.30. The minimum absolute atomic E-state index is 0.00778. The molecule has 0 spiro atoms. The third-order valence-electron chi connectivity index (χ3n) is 3.32. The number of aliphatic hydroxyl groups is 1. The second-order valence-electron chi connectivity index (χ2n) is 3.85. The molecule has 1 saturated carbocycles. The van der Waals surface area contributed by atoms with Gasteiger partial charge in [0.05, 0.1) is 19.3 Å². The van der Waals surface area contributed by atoms with E-state index in [0.717, 1.165) is 6.42 Å². The van der Waals surface area contributed by atoms with Crippen molar-refractivity contribution in [3.05, 3.63) is 0 Å². The van der Waals surface area contributed by atoms with Gasteiger partial charge in [-0.2, -0.15) is 0 Å². The Kier molecular flexibility index (Phi) is 1.15. The van der Waals surface area contributed by atoms with Crippen molar-refractivity contribution in [3.63, 3.8) is 0 Å². The monoisotopic (exact) mass is 156 g/mol. The molecular formula is C8H12O3. The minimum atomic E-state index is -0.160. The Bertz CT molecular complexity index is 180. The Morgan fingerprint density at radius 2 is 1.91 bits per heavy atom. The van der Waals surface area contributed by atoms with Crippen molar-refractivity contribution in [2.75, 3.05) is 13.2 Å². The molecule has 3 rings (SSSR count). The summed E-state index contributed by atoms with van der Waals surface area (Å²) in [7, 11) is 0. The van der Waals surface area contributed by atoms with Gasteiger partial charge in [0.1, 0.15) is 0 Å². The topological polar surface area (TPSA) is 38.7 Å². The van der Waals surface area contributed by atoms with Crippen LogP contribution >= 0.6 is 0 Å². The molecule has 2 heterocycles. The van der Waals surface area contributed by atoms with E-state index >= 15 is 0 Å². The lowest BCUT2D eigenvalue weighted by atomic mass is 9.98. The smallest absolute Gasteiger partial charge is 0.160 e. The second-order valence-corrected chi connectivity index (χ2v) is 3.85. The van der Waals surface area contributed by atoms with Crippen LogP contribution in [0.3, 0.4) is 0 Å². The third-order valence-corrected chi connectivity index (χ3v) is 3.32. The van der Waals surface area contributed by atoms with E-state index in [1.165, 1.54) is 0 Å². The number of hydrogen-bond donors (Lipinski definition) is 1. The summed E-state index contributed by atoms with van der Waals surface area (Å²) < 4.78 is 10.8. The van der Waals surface area contributed by atoms with E-state index in [-0.39, 0.29) is 12.4 Å². The Balaban J connectivity index is 1.96. The van der Waals surface area contributed by atoms with Crippen LogP contribution in [-0.2, 0) is 9.47 Å². The van der Waals surface area contributed by atoms with Crippen LogP contribution in [0.5, 0.6) is 0 Å². The fourth-order valence-corrected chi connectivity index (χ4v) is 2.69. The third kappa shape index (κ3) is 0.687. The first-order valence-electron chi connectivity index (χ1n) is 4.27. The first-order valence-corrected chi connectivity index (χ1v) is 4.27. The van der Waals surface area contributed by atoms with Crippen LogP contribution in [0.15, 0.2) is 0 Å². The largest absolute Gasteiger partial charge is 0.392 e. The molecule has 11 heavy (non-hydrogen) atoms. The van der Waals surface area contributed by atoms with E-state index in [4.69, 9.17) is 9.47 Å². The van der Waals surface area contributed by atoms with E-state index in [1.807, 2.05) is 0 Å². The average Bonchev–Trinajstić information content (AvgIpc) is 2.51. The molecule has 1 aliphatic carbocycles. The number of aliphatic hydroxyl groups excluding tert-OH is 1. The average molecular weight is 156 g/mol. The fourth-order valence-electron chi connectivity index (χ4n) is 2.69. The van der Waals surface area contributed by atoms with Crippen molar-refractivity contribution in [2.45, 2.75) is 18.8 Å². The van der Waals surface area contributed by atoms with Gasteiger partial charge in [-0.1, -0.05) is 0 Å². The molecule has 0 amide bonds. The zero-order chi connectivity index (χ0) is 7.42. The predicted molar refractivity (Wildman–Crippen MR) is 36.8 cm³/mol. The molecule has 0 radical (unpaired) electrons. The number of rotatable bonds is 0. The van der Waals surface area contributed by atoms with Crippen LogP contribution in [0.1, 0.15) is 6.42 Å². The highest BCUT2D eigenvalue weighted by atomic mass is 16.7. The van der Waals surface area contributed by atoms with Crippen molar-refractivity contribution in [1.29, 1.82) is 0 Å². The van der Waals surface area contributed by atoms with Crippen molar-refractivity contribution in [1.82, 2.24) is 0 Å². The maximum atomic E-state index is 9.73. The van der Waals surface area contributed by atoms with Crippen molar-refractivity contribution in [2.24, 2.45) is 17.8 Å². The van der Waals surface area contributed by atoms with Gasteiger partial charge in [0, 0.05) is 17.8 Å². The van der Waals surface area contributed by atoms with Gasteiger partial charge in [-0.3, -0.25) is 0 Å². The number of ether oxygens (including phenoxy) is 2. The first-order chi connectivity index (χ1) is 5.36. The lowest BCUT2D eigenvalue weighted by molar-refractivity contribution is -0.169. The Morgan fingerprint density at radius 1 is 1.09 bits per heavy atom. The first kappa shape index (κ1) is 6.40. The molecule has 3 heteroatoms. The Hall–Kier alpha value is -0.120. The van der Waals surface area contributed by atoms with E-state index < -0.39 is 0 Å². The standard InChI is InChI=1S/C8H12O3/c9-7-4-1-5-6(7)3-11-8(5)10-2-4/h4-9H,1-3H2/t4-,5-,6-,7+,8+/m1/s1. The minimum Gasteiger partial charge on any atom is -0.392 e. The van der Waals surface area contributed by atoms with Gasteiger partial charge in [0.15, 0.2) is 6.29 Å². The molecule has 0 aromatic rings.